The predicted molar refractivity (Wildman–Crippen MR) is 91.9 cm³/mol. The highest BCUT2D eigenvalue weighted by Gasteiger charge is 2.35. The molecular formula is C19H31N3. The van der Waals surface area contributed by atoms with Gasteiger partial charge in [0.15, 0.2) is 0 Å². The second-order valence-electron chi connectivity index (χ2n) is 7.71. The number of piperidine rings is 1. The molecule has 1 atom stereocenters. The lowest BCUT2D eigenvalue weighted by molar-refractivity contribution is 0.171. The first-order valence-electron chi connectivity index (χ1n) is 9.03. The summed E-state index contributed by atoms with van der Waals surface area (Å²) >= 11 is 0. The zero-order valence-corrected chi connectivity index (χ0v) is 14.4. The summed E-state index contributed by atoms with van der Waals surface area (Å²) in [5.74, 6) is 1.59. The zero-order chi connectivity index (χ0) is 15.5. The van der Waals surface area contributed by atoms with E-state index in [2.05, 4.69) is 48.1 Å². The van der Waals surface area contributed by atoms with Crippen molar-refractivity contribution in [3.8, 4) is 0 Å². The smallest absolute Gasteiger partial charge is 0.0578 e. The minimum atomic E-state index is 0.474. The van der Waals surface area contributed by atoms with Gasteiger partial charge in [0.25, 0.3) is 0 Å². The van der Waals surface area contributed by atoms with Crippen LogP contribution in [0.3, 0.4) is 0 Å². The van der Waals surface area contributed by atoms with Gasteiger partial charge in [0.1, 0.15) is 0 Å². The third-order valence-corrected chi connectivity index (χ3v) is 4.97. The molecule has 1 aromatic rings. The first-order chi connectivity index (χ1) is 10.6. The van der Waals surface area contributed by atoms with Gasteiger partial charge in [-0.15, -0.1) is 0 Å². The van der Waals surface area contributed by atoms with Gasteiger partial charge in [-0.3, -0.25) is 4.98 Å². The molecular weight excluding hydrogens is 270 g/mol. The van der Waals surface area contributed by atoms with Crippen molar-refractivity contribution < 1.29 is 0 Å². The standard InChI is InChI=1S/C19H31N3/c1-14(2)13-22-10-7-17(8-11-22)21-19(16-4-5-16)18-12-15(3)6-9-20-18/h6,9,12,14,16-17,19,21H,4-5,7-8,10-11,13H2,1-3H3/t19-/m1/s1. The Balaban J connectivity index is 1.57. The molecule has 1 aromatic heterocycles. The minimum absolute atomic E-state index is 0.474. The Kier molecular flexibility index (Phi) is 5.14. The molecule has 0 bridgehead atoms. The summed E-state index contributed by atoms with van der Waals surface area (Å²) in [5.41, 5.74) is 2.58. The van der Waals surface area contributed by atoms with E-state index >= 15 is 0 Å². The Hall–Kier alpha value is -0.930. The second kappa shape index (κ2) is 7.10. The quantitative estimate of drug-likeness (QED) is 0.871. The summed E-state index contributed by atoms with van der Waals surface area (Å²) in [6.07, 6.45) is 7.25. The number of pyridine rings is 1. The number of aryl methyl sites for hydroxylation is 1. The van der Waals surface area contributed by atoms with Crippen molar-refractivity contribution in [2.24, 2.45) is 11.8 Å². The number of hydrogen-bond acceptors (Lipinski definition) is 3. The first kappa shape index (κ1) is 15.9. The van der Waals surface area contributed by atoms with Crippen LogP contribution in [0.4, 0.5) is 0 Å². The molecule has 22 heavy (non-hydrogen) atoms. The molecule has 0 radical (unpaired) electrons. The largest absolute Gasteiger partial charge is 0.306 e. The monoisotopic (exact) mass is 301 g/mol. The third-order valence-electron chi connectivity index (χ3n) is 4.97. The van der Waals surface area contributed by atoms with Gasteiger partial charge in [0.05, 0.1) is 11.7 Å². The highest BCUT2D eigenvalue weighted by molar-refractivity contribution is 5.19. The fourth-order valence-corrected chi connectivity index (χ4v) is 3.67. The molecule has 1 N–H and O–H groups in total. The molecule has 2 aliphatic rings. The van der Waals surface area contributed by atoms with Gasteiger partial charge in [-0.25, -0.2) is 0 Å². The van der Waals surface area contributed by atoms with Gasteiger partial charge in [0.2, 0.25) is 0 Å². The fourth-order valence-electron chi connectivity index (χ4n) is 3.67. The normalized spacial score (nSPS) is 22.2. The molecule has 1 saturated carbocycles. The Morgan fingerprint density at radius 1 is 1.23 bits per heavy atom. The molecule has 0 amide bonds. The highest BCUT2D eigenvalue weighted by atomic mass is 15.1. The fraction of sp³-hybridized carbons (Fsp3) is 0.737. The topological polar surface area (TPSA) is 28.2 Å². The van der Waals surface area contributed by atoms with Crippen molar-refractivity contribution in [3.05, 3.63) is 29.6 Å². The molecule has 3 heteroatoms. The molecule has 3 nitrogen and oxygen atoms in total. The van der Waals surface area contributed by atoms with Crippen LogP contribution in [-0.4, -0.2) is 35.6 Å². The van der Waals surface area contributed by atoms with E-state index in [9.17, 15) is 0 Å². The van der Waals surface area contributed by atoms with E-state index in [1.54, 1.807) is 0 Å². The van der Waals surface area contributed by atoms with Crippen molar-refractivity contribution in [2.45, 2.75) is 58.5 Å². The number of hydrogen-bond donors (Lipinski definition) is 1. The van der Waals surface area contributed by atoms with Crippen LogP contribution in [0.1, 0.15) is 56.8 Å². The molecule has 0 aromatic carbocycles. The van der Waals surface area contributed by atoms with E-state index in [0.717, 1.165) is 11.8 Å². The number of likely N-dealkylation sites (tertiary alicyclic amines) is 1. The van der Waals surface area contributed by atoms with Crippen LogP contribution in [0.2, 0.25) is 0 Å². The summed E-state index contributed by atoms with van der Waals surface area (Å²) < 4.78 is 0. The van der Waals surface area contributed by atoms with Crippen LogP contribution in [0.25, 0.3) is 0 Å². The maximum Gasteiger partial charge on any atom is 0.0578 e. The van der Waals surface area contributed by atoms with Gasteiger partial charge < -0.3 is 10.2 Å². The average Bonchev–Trinajstić information content (AvgIpc) is 3.30. The van der Waals surface area contributed by atoms with Crippen molar-refractivity contribution in [1.82, 2.24) is 15.2 Å². The van der Waals surface area contributed by atoms with Gasteiger partial charge in [-0.05, 0) is 75.2 Å². The maximum absolute atomic E-state index is 4.65. The average molecular weight is 301 g/mol. The van der Waals surface area contributed by atoms with E-state index in [1.165, 1.54) is 56.6 Å². The predicted octanol–water partition coefficient (Wildman–Crippen LogP) is 3.55. The van der Waals surface area contributed by atoms with Crippen LogP contribution in [-0.2, 0) is 0 Å². The van der Waals surface area contributed by atoms with Crippen LogP contribution in [0, 0.1) is 18.8 Å². The molecule has 2 fully saturated rings. The van der Waals surface area contributed by atoms with Crippen LogP contribution < -0.4 is 5.32 Å². The Labute approximate surface area is 135 Å². The summed E-state index contributed by atoms with van der Waals surface area (Å²) in [6, 6.07) is 5.50. The van der Waals surface area contributed by atoms with Crippen molar-refractivity contribution in [3.63, 3.8) is 0 Å². The van der Waals surface area contributed by atoms with Crippen LogP contribution in [0.5, 0.6) is 0 Å². The van der Waals surface area contributed by atoms with Crippen molar-refractivity contribution in [2.75, 3.05) is 19.6 Å². The lowest BCUT2D eigenvalue weighted by atomic mass is 9.99. The first-order valence-corrected chi connectivity index (χ1v) is 9.03. The van der Waals surface area contributed by atoms with Gasteiger partial charge in [-0.2, -0.15) is 0 Å². The third kappa shape index (κ3) is 4.30. The van der Waals surface area contributed by atoms with E-state index in [4.69, 9.17) is 0 Å². The molecule has 3 rings (SSSR count). The van der Waals surface area contributed by atoms with E-state index in [1.807, 2.05) is 6.20 Å². The van der Waals surface area contributed by atoms with Gasteiger partial charge in [-0.1, -0.05) is 13.8 Å². The molecule has 0 unspecified atom stereocenters. The summed E-state index contributed by atoms with van der Waals surface area (Å²) in [6.45, 7) is 10.5. The molecule has 1 saturated heterocycles. The Bertz CT molecular complexity index is 473. The summed E-state index contributed by atoms with van der Waals surface area (Å²) in [5, 5.41) is 3.95. The van der Waals surface area contributed by atoms with E-state index in [-0.39, 0.29) is 0 Å². The summed E-state index contributed by atoms with van der Waals surface area (Å²) in [7, 11) is 0. The van der Waals surface area contributed by atoms with Crippen molar-refractivity contribution >= 4 is 0 Å². The second-order valence-corrected chi connectivity index (χ2v) is 7.71. The minimum Gasteiger partial charge on any atom is -0.306 e. The SMILES string of the molecule is Cc1ccnc([C@H](NC2CCN(CC(C)C)CC2)C2CC2)c1. The van der Waals surface area contributed by atoms with Gasteiger partial charge in [0, 0.05) is 18.8 Å². The zero-order valence-electron chi connectivity index (χ0n) is 14.4. The molecule has 0 spiro atoms. The lowest BCUT2D eigenvalue weighted by Gasteiger charge is -2.35. The van der Waals surface area contributed by atoms with Crippen molar-refractivity contribution in [1.29, 1.82) is 0 Å². The Morgan fingerprint density at radius 2 is 1.95 bits per heavy atom. The summed E-state index contributed by atoms with van der Waals surface area (Å²) in [4.78, 5) is 7.27. The van der Waals surface area contributed by atoms with E-state index in [0.29, 0.717) is 12.1 Å². The van der Waals surface area contributed by atoms with E-state index < -0.39 is 0 Å². The van der Waals surface area contributed by atoms with Crippen LogP contribution in [0.15, 0.2) is 18.3 Å². The Morgan fingerprint density at radius 3 is 2.55 bits per heavy atom. The molecule has 1 aliphatic carbocycles. The maximum atomic E-state index is 4.65. The molecule has 2 heterocycles. The number of nitrogens with zero attached hydrogens (tertiary/aromatic N) is 2. The lowest BCUT2D eigenvalue weighted by Crippen LogP contribution is -2.45. The van der Waals surface area contributed by atoms with Gasteiger partial charge >= 0.3 is 0 Å². The highest BCUT2D eigenvalue weighted by Crippen LogP contribution is 2.41. The number of nitrogens with one attached hydrogen (secondary N) is 1. The number of rotatable bonds is 6. The molecule has 122 valence electrons. The molecule has 1 aliphatic heterocycles. The number of aromatic nitrogens is 1. The van der Waals surface area contributed by atoms with Crippen LogP contribution >= 0.6 is 0 Å².